The molecule has 0 spiro atoms. The van der Waals surface area contributed by atoms with Gasteiger partial charge in [0.1, 0.15) is 0 Å². The molecule has 2 aromatic carbocycles. The summed E-state index contributed by atoms with van der Waals surface area (Å²) in [4.78, 5) is 2.62. The van der Waals surface area contributed by atoms with Gasteiger partial charge in [-0.3, -0.25) is 0 Å². The van der Waals surface area contributed by atoms with Crippen molar-refractivity contribution < 1.29 is 8.42 Å². The molecule has 2 aromatic rings. The van der Waals surface area contributed by atoms with Crippen molar-refractivity contribution in [2.45, 2.75) is 51.3 Å². The van der Waals surface area contributed by atoms with Crippen LogP contribution in [-0.2, 0) is 10.0 Å². The molecule has 4 rings (SSSR count). The maximum Gasteiger partial charge on any atom is 0.243 e. The SMILES string of the molecule is Cc1cc(NC(=S)Nc2cc(S(=O)(=O)N3CCC(C)CC3)ccc2N2CCC(C)CC2)ccc1Cl. The van der Waals surface area contributed by atoms with Crippen molar-refractivity contribution in [1.29, 1.82) is 0 Å². The number of anilines is 3. The zero-order valence-corrected chi connectivity index (χ0v) is 23.1. The van der Waals surface area contributed by atoms with E-state index in [0.29, 0.717) is 45.6 Å². The summed E-state index contributed by atoms with van der Waals surface area (Å²) in [5.41, 5.74) is 3.45. The summed E-state index contributed by atoms with van der Waals surface area (Å²) in [7, 11) is -3.57. The fourth-order valence-corrected chi connectivity index (χ4v) is 6.52. The Hall–Kier alpha value is -1.87. The van der Waals surface area contributed by atoms with E-state index in [1.165, 1.54) is 0 Å². The van der Waals surface area contributed by atoms with Crippen LogP contribution in [-0.4, -0.2) is 44.0 Å². The van der Waals surface area contributed by atoms with Gasteiger partial charge in [0, 0.05) is 36.9 Å². The Balaban J connectivity index is 1.61. The molecule has 0 atom stereocenters. The normalized spacial score (nSPS) is 18.5. The third kappa shape index (κ3) is 6.28. The maximum atomic E-state index is 13.4. The lowest BCUT2D eigenvalue weighted by molar-refractivity contribution is 0.288. The first-order chi connectivity index (χ1) is 16.6. The lowest BCUT2D eigenvalue weighted by atomic mass is 9.98. The van der Waals surface area contributed by atoms with E-state index in [4.69, 9.17) is 23.8 Å². The molecule has 0 radical (unpaired) electrons. The Kier molecular flexibility index (Phi) is 8.26. The summed E-state index contributed by atoms with van der Waals surface area (Å²) in [6.45, 7) is 9.39. The lowest BCUT2D eigenvalue weighted by Crippen LogP contribution is -2.38. The number of piperidine rings is 2. The number of nitrogens with one attached hydrogen (secondary N) is 2. The van der Waals surface area contributed by atoms with Gasteiger partial charge in [0.25, 0.3) is 0 Å². The average Bonchev–Trinajstić information content (AvgIpc) is 2.82. The molecule has 2 heterocycles. The molecule has 0 aliphatic carbocycles. The topological polar surface area (TPSA) is 64.7 Å². The minimum atomic E-state index is -3.57. The van der Waals surface area contributed by atoms with E-state index in [-0.39, 0.29) is 0 Å². The molecule has 2 N–H and O–H groups in total. The van der Waals surface area contributed by atoms with Crippen LogP contribution in [0.25, 0.3) is 0 Å². The van der Waals surface area contributed by atoms with Gasteiger partial charge >= 0.3 is 0 Å². The molecule has 6 nitrogen and oxygen atoms in total. The van der Waals surface area contributed by atoms with Gasteiger partial charge in [-0.05, 0) is 98.6 Å². The third-order valence-corrected chi connectivity index (χ3v) is 9.66. The zero-order valence-electron chi connectivity index (χ0n) is 20.7. The molecule has 0 bridgehead atoms. The first kappa shape index (κ1) is 26.2. The van der Waals surface area contributed by atoms with Crippen LogP contribution in [0.4, 0.5) is 17.1 Å². The number of halogens is 1. The van der Waals surface area contributed by atoms with Crippen LogP contribution in [0.5, 0.6) is 0 Å². The summed E-state index contributed by atoms with van der Waals surface area (Å²) in [5.74, 6) is 1.25. The smallest absolute Gasteiger partial charge is 0.243 e. The van der Waals surface area contributed by atoms with Crippen LogP contribution in [0.15, 0.2) is 41.3 Å². The minimum Gasteiger partial charge on any atom is -0.370 e. The van der Waals surface area contributed by atoms with Crippen LogP contribution in [0.1, 0.15) is 45.1 Å². The van der Waals surface area contributed by atoms with Gasteiger partial charge in [-0.15, -0.1) is 0 Å². The quantitative estimate of drug-likeness (QED) is 0.451. The molecule has 0 aromatic heterocycles. The molecule has 190 valence electrons. The number of rotatable bonds is 5. The lowest BCUT2D eigenvalue weighted by Gasteiger charge is -2.34. The molecule has 0 unspecified atom stereocenters. The highest BCUT2D eigenvalue weighted by Gasteiger charge is 2.29. The summed E-state index contributed by atoms with van der Waals surface area (Å²) in [5, 5.41) is 7.59. The third-order valence-electron chi connectivity index (χ3n) is 7.14. The second-order valence-corrected chi connectivity index (χ2v) is 12.7. The number of hydrogen-bond donors (Lipinski definition) is 2. The van der Waals surface area contributed by atoms with Crippen molar-refractivity contribution in [2.24, 2.45) is 11.8 Å². The Morgan fingerprint density at radius 2 is 1.57 bits per heavy atom. The van der Waals surface area contributed by atoms with Crippen molar-refractivity contribution >= 4 is 56.0 Å². The second kappa shape index (κ2) is 11.0. The molecular formula is C26H35ClN4O2S2. The fraction of sp³-hybridized carbons (Fsp3) is 0.500. The molecule has 9 heteroatoms. The van der Waals surface area contributed by atoms with E-state index in [1.807, 2.05) is 31.2 Å². The fourth-order valence-electron chi connectivity index (χ4n) is 4.68. The number of aryl methyl sites for hydroxylation is 1. The van der Waals surface area contributed by atoms with Crippen molar-refractivity contribution in [3.63, 3.8) is 0 Å². The highest BCUT2D eigenvalue weighted by Crippen LogP contribution is 2.34. The second-order valence-electron chi connectivity index (χ2n) is 9.98. The van der Waals surface area contributed by atoms with Gasteiger partial charge in [-0.2, -0.15) is 4.31 Å². The molecular weight excluding hydrogens is 500 g/mol. The van der Waals surface area contributed by atoms with Crippen molar-refractivity contribution in [3.8, 4) is 0 Å². The molecule has 0 amide bonds. The molecule has 2 aliphatic heterocycles. The number of benzene rings is 2. The predicted molar refractivity (Wildman–Crippen MR) is 150 cm³/mol. The summed E-state index contributed by atoms with van der Waals surface area (Å²) in [6, 6.07) is 11.0. The predicted octanol–water partition coefficient (Wildman–Crippen LogP) is 6.11. The first-order valence-corrected chi connectivity index (χ1v) is 14.6. The van der Waals surface area contributed by atoms with Gasteiger partial charge in [0.15, 0.2) is 5.11 Å². The van der Waals surface area contributed by atoms with Crippen molar-refractivity contribution in [1.82, 2.24) is 4.31 Å². The van der Waals surface area contributed by atoms with E-state index in [9.17, 15) is 8.42 Å². The monoisotopic (exact) mass is 534 g/mol. The van der Waals surface area contributed by atoms with Crippen LogP contribution < -0.4 is 15.5 Å². The Morgan fingerprint density at radius 3 is 2.20 bits per heavy atom. The van der Waals surface area contributed by atoms with Gasteiger partial charge in [-0.25, -0.2) is 8.42 Å². The molecule has 2 fully saturated rings. The molecule has 2 saturated heterocycles. The minimum absolute atomic E-state index is 0.300. The number of nitrogens with zero attached hydrogens (tertiary/aromatic N) is 2. The Morgan fingerprint density at radius 1 is 0.943 bits per heavy atom. The summed E-state index contributed by atoms with van der Waals surface area (Å²) >= 11 is 11.8. The standard InChI is InChI=1S/C26H35ClN4O2S2/c1-18-8-12-30(13-9-18)25-7-5-22(35(32,33)31-14-10-19(2)11-15-31)17-24(25)29-26(34)28-21-4-6-23(27)20(3)16-21/h4-7,16-19H,8-15H2,1-3H3,(H2,28,29,34). The number of sulfonamides is 1. The van der Waals surface area contributed by atoms with Crippen LogP contribution >= 0.6 is 23.8 Å². The largest absolute Gasteiger partial charge is 0.370 e. The van der Waals surface area contributed by atoms with Gasteiger partial charge < -0.3 is 15.5 Å². The van der Waals surface area contributed by atoms with Crippen LogP contribution in [0, 0.1) is 18.8 Å². The highest BCUT2D eigenvalue weighted by molar-refractivity contribution is 7.89. The first-order valence-electron chi connectivity index (χ1n) is 12.4. The van der Waals surface area contributed by atoms with E-state index in [1.54, 1.807) is 16.4 Å². The van der Waals surface area contributed by atoms with E-state index < -0.39 is 10.0 Å². The van der Waals surface area contributed by atoms with E-state index in [0.717, 1.165) is 55.7 Å². The van der Waals surface area contributed by atoms with Crippen molar-refractivity contribution in [3.05, 3.63) is 47.0 Å². The number of thiocarbonyl (C=S) groups is 1. The summed E-state index contributed by atoms with van der Waals surface area (Å²) < 4.78 is 28.5. The van der Waals surface area contributed by atoms with E-state index >= 15 is 0 Å². The van der Waals surface area contributed by atoms with Crippen molar-refractivity contribution in [2.75, 3.05) is 41.7 Å². The molecule has 35 heavy (non-hydrogen) atoms. The van der Waals surface area contributed by atoms with Gasteiger partial charge in [-0.1, -0.05) is 25.4 Å². The Bertz CT molecular complexity index is 1170. The molecule has 2 aliphatic rings. The van der Waals surface area contributed by atoms with E-state index in [2.05, 4.69) is 29.4 Å². The number of hydrogen-bond acceptors (Lipinski definition) is 4. The maximum absolute atomic E-state index is 13.4. The van der Waals surface area contributed by atoms with Crippen LogP contribution in [0.3, 0.4) is 0 Å². The van der Waals surface area contributed by atoms with Crippen LogP contribution in [0.2, 0.25) is 5.02 Å². The average molecular weight is 535 g/mol. The zero-order chi connectivity index (χ0) is 25.2. The van der Waals surface area contributed by atoms with Gasteiger partial charge in [0.2, 0.25) is 10.0 Å². The van der Waals surface area contributed by atoms with Gasteiger partial charge in [0.05, 0.1) is 16.3 Å². The summed E-state index contributed by atoms with van der Waals surface area (Å²) in [6.07, 6.45) is 4.00. The Labute approximate surface area is 220 Å². The molecule has 0 saturated carbocycles. The highest BCUT2D eigenvalue weighted by atomic mass is 35.5.